The summed E-state index contributed by atoms with van der Waals surface area (Å²) >= 11 is 0. The molecule has 1 aliphatic heterocycles. The molecule has 1 N–H and O–H groups in total. The molecule has 1 heterocycles. The van der Waals surface area contributed by atoms with Gasteiger partial charge in [-0.2, -0.15) is 18.4 Å². The molecule has 21 heavy (non-hydrogen) atoms. The largest absolute Gasteiger partial charge is 0.417 e. The minimum atomic E-state index is -4.69. The fourth-order valence-electron chi connectivity index (χ4n) is 2.29. The zero-order chi connectivity index (χ0) is 15.8. The highest BCUT2D eigenvalue weighted by Gasteiger charge is 2.38. The molecular formula is C13H12F3N3O2. The number of nitrogens with zero attached hydrogens (tertiary/aromatic N) is 3. The normalized spacial score (nSPS) is 19.0. The van der Waals surface area contributed by atoms with E-state index in [9.17, 15) is 23.1 Å². The van der Waals surface area contributed by atoms with Crippen molar-refractivity contribution in [1.82, 2.24) is 4.90 Å². The number of urea groups is 1. The van der Waals surface area contributed by atoms with Crippen molar-refractivity contribution >= 4 is 11.7 Å². The minimum absolute atomic E-state index is 0.00900. The van der Waals surface area contributed by atoms with E-state index in [-0.39, 0.29) is 18.8 Å². The van der Waals surface area contributed by atoms with Gasteiger partial charge in [0.2, 0.25) is 0 Å². The van der Waals surface area contributed by atoms with Crippen molar-refractivity contribution in [2.45, 2.75) is 12.2 Å². The molecule has 5 nitrogen and oxygen atoms in total. The molecular weight excluding hydrogens is 287 g/mol. The van der Waals surface area contributed by atoms with Gasteiger partial charge in [0, 0.05) is 19.3 Å². The Morgan fingerprint density at radius 2 is 2.14 bits per heavy atom. The van der Waals surface area contributed by atoms with Crippen LogP contribution in [0.3, 0.4) is 0 Å². The first-order valence-corrected chi connectivity index (χ1v) is 6.06. The molecule has 0 radical (unpaired) electrons. The number of rotatable bonds is 2. The van der Waals surface area contributed by atoms with E-state index in [4.69, 9.17) is 5.26 Å². The molecule has 1 aromatic carbocycles. The summed E-state index contributed by atoms with van der Waals surface area (Å²) in [5.74, 6) is 0. The van der Waals surface area contributed by atoms with Crippen LogP contribution in [0.2, 0.25) is 0 Å². The van der Waals surface area contributed by atoms with Crippen LogP contribution in [0.25, 0.3) is 0 Å². The van der Waals surface area contributed by atoms with E-state index in [1.54, 1.807) is 0 Å². The zero-order valence-corrected chi connectivity index (χ0v) is 11.1. The van der Waals surface area contributed by atoms with Crippen molar-refractivity contribution in [3.63, 3.8) is 0 Å². The number of likely N-dealkylation sites (N-methyl/N-ethyl adjacent to an activating group) is 1. The van der Waals surface area contributed by atoms with E-state index in [0.29, 0.717) is 0 Å². The highest BCUT2D eigenvalue weighted by molar-refractivity contribution is 5.95. The number of aliphatic hydroxyl groups excluding tert-OH is 1. The van der Waals surface area contributed by atoms with Gasteiger partial charge >= 0.3 is 12.2 Å². The summed E-state index contributed by atoms with van der Waals surface area (Å²) in [6.45, 7) is -0.145. The summed E-state index contributed by atoms with van der Waals surface area (Å²) in [7, 11) is 1.50. The molecule has 0 unspecified atom stereocenters. The predicted octanol–water partition coefficient (Wildman–Crippen LogP) is 1.81. The quantitative estimate of drug-likeness (QED) is 0.905. The lowest BCUT2D eigenvalue weighted by Crippen LogP contribution is -2.36. The molecule has 8 heteroatoms. The van der Waals surface area contributed by atoms with Crippen LogP contribution in [0, 0.1) is 11.3 Å². The molecule has 0 spiro atoms. The third-order valence-electron chi connectivity index (χ3n) is 3.30. The van der Waals surface area contributed by atoms with Crippen molar-refractivity contribution < 1.29 is 23.1 Å². The van der Waals surface area contributed by atoms with Crippen molar-refractivity contribution in [2.75, 3.05) is 25.1 Å². The second-order valence-corrected chi connectivity index (χ2v) is 4.71. The molecule has 1 atom stereocenters. The fourth-order valence-corrected chi connectivity index (χ4v) is 2.29. The van der Waals surface area contributed by atoms with Crippen molar-refractivity contribution in [1.29, 1.82) is 5.26 Å². The molecule has 1 aromatic rings. The Labute approximate surface area is 118 Å². The standard InChI is InChI=1S/C13H12F3N3O2/c1-18-6-10(7-20)19(12(18)21)9-3-2-8(5-17)11(4-9)13(14,15)16/h2-4,10,20H,6-7H2,1H3/t10-/m1/s1. The lowest BCUT2D eigenvalue weighted by Gasteiger charge is -2.23. The van der Waals surface area contributed by atoms with Gasteiger partial charge < -0.3 is 10.0 Å². The van der Waals surface area contributed by atoms with Gasteiger partial charge in [0.1, 0.15) is 0 Å². The number of alkyl halides is 3. The average Bonchev–Trinajstić information content (AvgIpc) is 2.72. The summed E-state index contributed by atoms with van der Waals surface area (Å²) in [6.07, 6.45) is -4.69. The van der Waals surface area contributed by atoms with E-state index >= 15 is 0 Å². The number of carbonyl (C=O) groups is 1. The molecule has 0 saturated carbocycles. The Bertz CT molecular complexity index is 610. The minimum Gasteiger partial charge on any atom is -0.394 e. The van der Waals surface area contributed by atoms with Crippen LogP contribution >= 0.6 is 0 Å². The number of hydrogen-bond acceptors (Lipinski definition) is 3. The van der Waals surface area contributed by atoms with E-state index < -0.39 is 29.4 Å². The number of anilines is 1. The third-order valence-corrected chi connectivity index (χ3v) is 3.30. The van der Waals surface area contributed by atoms with Gasteiger partial charge in [0.05, 0.1) is 29.8 Å². The van der Waals surface area contributed by atoms with Crippen molar-refractivity contribution in [2.24, 2.45) is 0 Å². The number of aliphatic hydroxyl groups is 1. The van der Waals surface area contributed by atoms with Crippen LogP contribution in [0.5, 0.6) is 0 Å². The number of amides is 2. The highest BCUT2D eigenvalue weighted by atomic mass is 19.4. The van der Waals surface area contributed by atoms with Crippen LogP contribution in [0.4, 0.5) is 23.7 Å². The lowest BCUT2D eigenvalue weighted by molar-refractivity contribution is -0.137. The molecule has 0 bridgehead atoms. The molecule has 1 saturated heterocycles. The lowest BCUT2D eigenvalue weighted by atomic mass is 10.1. The Morgan fingerprint density at radius 1 is 1.48 bits per heavy atom. The SMILES string of the molecule is CN1C[C@H](CO)N(c2ccc(C#N)c(C(F)(F)F)c2)C1=O. The zero-order valence-electron chi connectivity index (χ0n) is 11.1. The van der Waals surface area contributed by atoms with Crippen molar-refractivity contribution in [3.8, 4) is 6.07 Å². The van der Waals surface area contributed by atoms with E-state index in [1.807, 2.05) is 0 Å². The van der Waals surface area contributed by atoms with Gasteiger partial charge in [-0.3, -0.25) is 4.90 Å². The molecule has 1 aliphatic rings. The predicted molar refractivity (Wildman–Crippen MR) is 67.5 cm³/mol. The maximum absolute atomic E-state index is 12.9. The van der Waals surface area contributed by atoms with Gasteiger partial charge in [0.25, 0.3) is 0 Å². The van der Waals surface area contributed by atoms with Gasteiger partial charge in [-0.25, -0.2) is 4.79 Å². The fraction of sp³-hybridized carbons (Fsp3) is 0.385. The Hall–Kier alpha value is -2.27. The Morgan fingerprint density at radius 3 is 2.67 bits per heavy atom. The third kappa shape index (κ3) is 2.64. The number of nitriles is 1. The van der Waals surface area contributed by atoms with Crippen LogP contribution < -0.4 is 4.90 Å². The summed E-state index contributed by atoms with van der Waals surface area (Å²) in [5, 5.41) is 18.0. The molecule has 0 aliphatic carbocycles. The summed E-state index contributed by atoms with van der Waals surface area (Å²) in [5.41, 5.74) is -1.59. The molecule has 0 aromatic heterocycles. The second-order valence-electron chi connectivity index (χ2n) is 4.71. The number of benzene rings is 1. The number of carbonyl (C=O) groups excluding carboxylic acids is 1. The van der Waals surface area contributed by atoms with E-state index in [1.165, 1.54) is 24.1 Å². The summed E-state index contributed by atoms with van der Waals surface area (Å²) in [4.78, 5) is 14.4. The number of halogens is 3. The Balaban J connectivity index is 2.51. The van der Waals surface area contributed by atoms with Gasteiger partial charge in [-0.1, -0.05) is 0 Å². The van der Waals surface area contributed by atoms with Crippen LogP contribution in [0.15, 0.2) is 18.2 Å². The smallest absolute Gasteiger partial charge is 0.394 e. The first-order chi connectivity index (χ1) is 9.79. The van der Waals surface area contributed by atoms with Crippen LogP contribution in [0.1, 0.15) is 11.1 Å². The summed E-state index contributed by atoms with van der Waals surface area (Å²) in [6, 6.07) is 3.43. The van der Waals surface area contributed by atoms with E-state index in [2.05, 4.69) is 0 Å². The molecule has 112 valence electrons. The average molecular weight is 299 g/mol. The maximum atomic E-state index is 12.9. The first kappa shape index (κ1) is 15.1. The van der Waals surface area contributed by atoms with Crippen molar-refractivity contribution in [3.05, 3.63) is 29.3 Å². The van der Waals surface area contributed by atoms with Crippen LogP contribution in [-0.4, -0.2) is 42.3 Å². The topological polar surface area (TPSA) is 67.6 Å². The first-order valence-electron chi connectivity index (χ1n) is 6.06. The molecule has 2 rings (SSSR count). The molecule has 1 fully saturated rings. The van der Waals surface area contributed by atoms with E-state index in [0.717, 1.165) is 17.0 Å². The summed E-state index contributed by atoms with van der Waals surface area (Å²) < 4.78 is 38.8. The van der Waals surface area contributed by atoms with Crippen LogP contribution in [-0.2, 0) is 6.18 Å². The highest BCUT2D eigenvalue weighted by Crippen LogP contribution is 2.35. The van der Waals surface area contributed by atoms with Gasteiger partial charge in [-0.05, 0) is 18.2 Å². The van der Waals surface area contributed by atoms with Gasteiger partial charge in [-0.15, -0.1) is 0 Å². The molecule has 2 amide bonds. The Kier molecular flexibility index (Phi) is 3.78. The monoisotopic (exact) mass is 299 g/mol. The number of hydrogen-bond donors (Lipinski definition) is 1. The second kappa shape index (κ2) is 5.26. The van der Waals surface area contributed by atoms with Gasteiger partial charge in [0.15, 0.2) is 0 Å². The maximum Gasteiger partial charge on any atom is 0.417 e.